The van der Waals surface area contributed by atoms with Crippen LogP contribution in [0.3, 0.4) is 0 Å². The lowest BCUT2D eigenvalue weighted by Crippen LogP contribution is -2.35. The van der Waals surface area contributed by atoms with Gasteiger partial charge >= 0.3 is 0 Å². The summed E-state index contributed by atoms with van der Waals surface area (Å²) in [4.78, 5) is 19.4. The Kier molecular flexibility index (Phi) is 5.92. The molecule has 5 heteroatoms. The molecule has 0 fully saturated rings. The number of hydrogen-bond donors (Lipinski definition) is 0. The van der Waals surface area contributed by atoms with Crippen molar-refractivity contribution in [2.45, 2.75) is 24.3 Å². The lowest BCUT2D eigenvalue weighted by molar-refractivity contribution is -0.118. The van der Waals surface area contributed by atoms with Crippen molar-refractivity contribution in [2.75, 3.05) is 17.2 Å². The van der Waals surface area contributed by atoms with Crippen molar-refractivity contribution >= 4 is 23.4 Å². The number of anilines is 1. The van der Waals surface area contributed by atoms with Crippen molar-refractivity contribution < 1.29 is 4.79 Å². The van der Waals surface area contributed by atoms with Crippen molar-refractivity contribution in [3.8, 4) is 17.3 Å². The van der Waals surface area contributed by atoms with E-state index in [2.05, 4.69) is 17.1 Å². The van der Waals surface area contributed by atoms with Crippen molar-refractivity contribution in [3.63, 3.8) is 0 Å². The molecule has 1 aliphatic heterocycles. The molecule has 0 atom stereocenters. The van der Waals surface area contributed by atoms with Crippen LogP contribution in [-0.2, 0) is 11.2 Å². The molecule has 0 bridgehead atoms. The summed E-state index contributed by atoms with van der Waals surface area (Å²) >= 11 is 1.47. The first-order chi connectivity index (χ1) is 14.3. The molecule has 3 aromatic rings. The Balaban J connectivity index is 1.44. The summed E-state index contributed by atoms with van der Waals surface area (Å²) in [6.45, 7) is 0.770. The van der Waals surface area contributed by atoms with Crippen LogP contribution in [-0.4, -0.2) is 23.2 Å². The van der Waals surface area contributed by atoms with Gasteiger partial charge in [0.2, 0.25) is 5.91 Å². The molecular formula is C24H21N3OS. The van der Waals surface area contributed by atoms with Crippen molar-refractivity contribution in [3.05, 3.63) is 77.9 Å². The van der Waals surface area contributed by atoms with Crippen LogP contribution in [0.5, 0.6) is 0 Å². The van der Waals surface area contributed by atoms with Crippen LogP contribution in [0, 0.1) is 11.3 Å². The highest BCUT2D eigenvalue weighted by atomic mass is 32.2. The van der Waals surface area contributed by atoms with E-state index in [1.807, 2.05) is 59.5 Å². The van der Waals surface area contributed by atoms with Crippen LogP contribution in [0.4, 0.5) is 5.69 Å². The summed E-state index contributed by atoms with van der Waals surface area (Å²) in [7, 11) is 0. The molecule has 0 saturated carbocycles. The summed E-state index contributed by atoms with van der Waals surface area (Å²) < 4.78 is 0. The summed E-state index contributed by atoms with van der Waals surface area (Å²) in [5, 5.41) is 10.1. The quantitative estimate of drug-likeness (QED) is 0.561. The van der Waals surface area contributed by atoms with Gasteiger partial charge in [0, 0.05) is 30.0 Å². The van der Waals surface area contributed by atoms with E-state index in [1.54, 1.807) is 6.07 Å². The average Bonchev–Trinajstić information content (AvgIpc) is 2.79. The normalized spacial score (nSPS) is 12.9. The number of rotatable bonds is 5. The molecule has 1 amide bonds. The minimum Gasteiger partial charge on any atom is -0.312 e. The Labute approximate surface area is 175 Å². The fraction of sp³-hybridized carbons (Fsp3) is 0.208. The first kappa shape index (κ1) is 19.2. The summed E-state index contributed by atoms with van der Waals surface area (Å²) in [6, 6.07) is 23.9. The number of aromatic nitrogens is 1. The third-order valence-corrected chi connectivity index (χ3v) is 6.01. The zero-order valence-electron chi connectivity index (χ0n) is 16.0. The molecule has 4 rings (SSSR count). The maximum absolute atomic E-state index is 12.8. The Hall–Kier alpha value is -3.10. The minimum absolute atomic E-state index is 0.127. The maximum Gasteiger partial charge on any atom is 0.227 e. The van der Waals surface area contributed by atoms with Crippen molar-refractivity contribution in [2.24, 2.45) is 0 Å². The van der Waals surface area contributed by atoms with Gasteiger partial charge in [-0.25, -0.2) is 4.98 Å². The number of fused-ring (bicyclic) bond motifs is 1. The van der Waals surface area contributed by atoms with Gasteiger partial charge in [-0.1, -0.05) is 48.5 Å². The van der Waals surface area contributed by atoms with Gasteiger partial charge < -0.3 is 4.90 Å². The Morgan fingerprint density at radius 1 is 1.07 bits per heavy atom. The Morgan fingerprint density at radius 2 is 1.86 bits per heavy atom. The maximum atomic E-state index is 12.8. The Morgan fingerprint density at radius 3 is 2.69 bits per heavy atom. The highest BCUT2D eigenvalue weighted by Crippen LogP contribution is 2.29. The lowest BCUT2D eigenvalue weighted by Gasteiger charge is -2.29. The van der Waals surface area contributed by atoms with E-state index in [-0.39, 0.29) is 5.91 Å². The summed E-state index contributed by atoms with van der Waals surface area (Å²) in [6.07, 6.45) is 2.44. The van der Waals surface area contributed by atoms with E-state index < -0.39 is 0 Å². The van der Waals surface area contributed by atoms with Crippen LogP contribution in [0.2, 0.25) is 0 Å². The van der Waals surface area contributed by atoms with Gasteiger partial charge in [0.1, 0.15) is 11.1 Å². The number of amides is 1. The third kappa shape index (κ3) is 4.33. The van der Waals surface area contributed by atoms with Gasteiger partial charge in [0.25, 0.3) is 0 Å². The second kappa shape index (κ2) is 8.93. The second-order valence-electron chi connectivity index (χ2n) is 6.90. The number of nitrogens with zero attached hydrogens (tertiary/aromatic N) is 3. The van der Waals surface area contributed by atoms with E-state index in [4.69, 9.17) is 0 Å². The lowest BCUT2D eigenvalue weighted by atomic mass is 10.0. The molecule has 1 aromatic heterocycles. The van der Waals surface area contributed by atoms with Crippen LogP contribution in [0.1, 0.15) is 24.0 Å². The van der Waals surface area contributed by atoms with E-state index in [1.165, 1.54) is 17.3 Å². The first-order valence-corrected chi connectivity index (χ1v) is 10.7. The monoisotopic (exact) mass is 399 g/mol. The average molecular weight is 400 g/mol. The van der Waals surface area contributed by atoms with Gasteiger partial charge in [-0.15, -0.1) is 11.8 Å². The number of aryl methyl sites for hydroxylation is 1. The van der Waals surface area contributed by atoms with E-state index in [9.17, 15) is 10.1 Å². The van der Waals surface area contributed by atoms with Gasteiger partial charge in [0.15, 0.2) is 0 Å². The molecule has 0 radical (unpaired) electrons. The van der Waals surface area contributed by atoms with Crippen molar-refractivity contribution in [1.82, 2.24) is 4.98 Å². The summed E-state index contributed by atoms with van der Waals surface area (Å²) in [5.74, 6) is 0.722. The molecule has 144 valence electrons. The molecule has 29 heavy (non-hydrogen) atoms. The van der Waals surface area contributed by atoms with Crippen LogP contribution in [0.25, 0.3) is 11.3 Å². The molecule has 0 aliphatic carbocycles. The first-order valence-electron chi connectivity index (χ1n) is 9.74. The SMILES string of the molecule is N#Cc1ccc(-c2ccccc2)nc1SCCC(=O)N1CCCc2ccccc21. The predicted octanol–water partition coefficient (Wildman–Crippen LogP) is 5.08. The van der Waals surface area contributed by atoms with Crippen LogP contribution in [0.15, 0.2) is 71.8 Å². The van der Waals surface area contributed by atoms with Crippen LogP contribution >= 0.6 is 11.8 Å². The molecular weight excluding hydrogens is 378 g/mol. The molecule has 2 aromatic carbocycles. The third-order valence-electron chi connectivity index (χ3n) is 5.02. The zero-order chi connectivity index (χ0) is 20.1. The number of carbonyl (C=O) groups is 1. The second-order valence-corrected chi connectivity index (χ2v) is 7.99. The number of benzene rings is 2. The molecule has 0 spiro atoms. The number of para-hydroxylation sites is 1. The van der Waals surface area contributed by atoms with Gasteiger partial charge in [-0.05, 0) is 36.6 Å². The molecule has 0 unspecified atom stereocenters. The topological polar surface area (TPSA) is 57.0 Å². The van der Waals surface area contributed by atoms with E-state index in [0.29, 0.717) is 22.8 Å². The Bertz CT molecular complexity index is 1060. The smallest absolute Gasteiger partial charge is 0.227 e. The highest BCUT2D eigenvalue weighted by molar-refractivity contribution is 7.99. The molecule has 4 nitrogen and oxygen atoms in total. The standard InChI is InChI=1S/C24H21N3OS/c25-17-20-12-13-21(18-7-2-1-3-8-18)26-24(20)29-16-14-23(28)27-15-6-10-19-9-4-5-11-22(19)27/h1-5,7-9,11-13H,6,10,14-16H2. The number of hydrogen-bond acceptors (Lipinski definition) is 4. The van der Waals surface area contributed by atoms with Crippen molar-refractivity contribution in [1.29, 1.82) is 5.26 Å². The fourth-order valence-electron chi connectivity index (χ4n) is 3.57. The number of nitriles is 1. The van der Waals surface area contributed by atoms with Gasteiger partial charge in [-0.3, -0.25) is 4.79 Å². The number of pyridine rings is 1. The predicted molar refractivity (Wildman–Crippen MR) is 117 cm³/mol. The van der Waals surface area contributed by atoms with E-state index in [0.717, 1.165) is 36.3 Å². The molecule has 2 heterocycles. The molecule has 1 aliphatic rings. The van der Waals surface area contributed by atoms with E-state index >= 15 is 0 Å². The summed E-state index contributed by atoms with van der Waals surface area (Å²) in [5.41, 5.74) is 4.67. The number of thioether (sulfide) groups is 1. The minimum atomic E-state index is 0.127. The van der Waals surface area contributed by atoms with Gasteiger partial charge in [0.05, 0.1) is 11.3 Å². The molecule has 0 saturated heterocycles. The largest absolute Gasteiger partial charge is 0.312 e. The van der Waals surface area contributed by atoms with Gasteiger partial charge in [-0.2, -0.15) is 5.26 Å². The number of carbonyl (C=O) groups excluding carboxylic acids is 1. The fourth-order valence-corrected chi connectivity index (χ4v) is 4.47. The van der Waals surface area contributed by atoms with Crippen LogP contribution < -0.4 is 4.90 Å². The highest BCUT2D eigenvalue weighted by Gasteiger charge is 2.21. The molecule has 0 N–H and O–H groups in total. The zero-order valence-corrected chi connectivity index (χ0v) is 16.9.